The average Bonchev–Trinajstić information content (AvgIpc) is 2.39. The van der Waals surface area contributed by atoms with E-state index in [4.69, 9.17) is 9.84 Å². The van der Waals surface area contributed by atoms with Gasteiger partial charge in [0.25, 0.3) is 0 Å². The smallest absolute Gasteiger partial charge is 0.305 e. The second kappa shape index (κ2) is 8.54. The zero-order valence-corrected chi connectivity index (χ0v) is 12.5. The van der Waals surface area contributed by atoms with Crippen LogP contribution in [0.1, 0.15) is 58.8 Å². The molecule has 1 aliphatic rings. The van der Waals surface area contributed by atoms with E-state index in [0.29, 0.717) is 0 Å². The molecule has 0 radical (unpaired) electrons. The molecule has 0 aliphatic carbocycles. The lowest BCUT2D eigenvalue weighted by molar-refractivity contribution is -0.141. The lowest BCUT2D eigenvalue weighted by Gasteiger charge is -2.42. The molecule has 1 rings (SSSR count). The second-order valence-corrected chi connectivity index (χ2v) is 5.83. The maximum absolute atomic E-state index is 11.1. The molecule has 1 unspecified atom stereocenters. The number of carboxylic acid groups (broad SMARTS) is 1. The summed E-state index contributed by atoms with van der Waals surface area (Å²) in [6, 6.07) is 0. The number of nitrogens with zero attached hydrogens (tertiary/aromatic N) is 1. The first-order valence-electron chi connectivity index (χ1n) is 7.63. The van der Waals surface area contributed by atoms with E-state index in [1.165, 1.54) is 25.7 Å². The number of ether oxygens (including phenoxy) is 1. The Morgan fingerprint density at radius 1 is 1.21 bits per heavy atom. The minimum atomic E-state index is -0.692. The minimum absolute atomic E-state index is 0.207. The van der Waals surface area contributed by atoms with Gasteiger partial charge in [-0.05, 0) is 13.3 Å². The number of morpholine rings is 1. The van der Waals surface area contributed by atoms with Crippen LogP contribution in [0.25, 0.3) is 0 Å². The molecule has 1 saturated heterocycles. The van der Waals surface area contributed by atoms with E-state index in [1.54, 1.807) is 0 Å². The van der Waals surface area contributed by atoms with E-state index >= 15 is 0 Å². The Morgan fingerprint density at radius 3 is 2.42 bits per heavy atom. The van der Waals surface area contributed by atoms with Crippen molar-refractivity contribution in [1.29, 1.82) is 0 Å². The Kier molecular flexibility index (Phi) is 7.39. The van der Waals surface area contributed by atoms with Crippen molar-refractivity contribution >= 4 is 5.97 Å². The van der Waals surface area contributed by atoms with Crippen LogP contribution in [-0.4, -0.2) is 47.8 Å². The van der Waals surface area contributed by atoms with Crippen LogP contribution in [0.15, 0.2) is 0 Å². The highest BCUT2D eigenvalue weighted by Crippen LogP contribution is 2.27. The molecule has 1 fully saturated rings. The van der Waals surface area contributed by atoms with Gasteiger partial charge in [0.05, 0.1) is 19.6 Å². The quantitative estimate of drug-likeness (QED) is 0.655. The fourth-order valence-electron chi connectivity index (χ4n) is 2.90. The van der Waals surface area contributed by atoms with Gasteiger partial charge in [0.2, 0.25) is 0 Å². The standard InChI is InChI=1S/C15H29NO3/c1-3-4-5-6-7-8-15(2,13-14(17)18)16-9-11-19-12-10-16/h3-13H2,1-2H3,(H,17,18). The third kappa shape index (κ3) is 5.91. The SMILES string of the molecule is CCCCCCCC(C)(CC(=O)O)N1CCOCC1. The molecule has 1 aliphatic heterocycles. The van der Waals surface area contributed by atoms with Crippen LogP contribution in [0, 0.1) is 0 Å². The van der Waals surface area contributed by atoms with Crippen LogP contribution < -0.4 is 0 Å². The van der Waals surface area contributed by atoms with Crippen molar-refractivity contribution < 1.29 is 14.6 Å². The van der Waals surface area contributed by atoms with Crippen molar-refractivity contribution in [2.75, 3.05) is 26.3 Å². The van der Waals surface area contributed by atoms with Gasteiger partial charge in [0.1, 0.15) is 0 Å². The lowest BCUT2D eigenvalue weighted by atomic mass is 9.88. The molecule has 0 spiro atoms. The molecule has 1 N–H and O–H groups in total. The summed E-state index contributed by atoms with van der Waals surface area (Å²) >= 11 is 0. The highest BCUT2D eigenvalue weighted by atomic mass is 16.5. The summed E-state index contributed by atoms with van der Waals surface area (Å²) in [5.41, 5.74) is -0.207. The molecule has 0 amide bonds. The first kappa shape index (κ1) is 16.4. The van der Waals surface area contributed by atoms with Crippen LogP contribution in [0.5, 0.6) is 0 Å². The molecule has 112 valence electrons. The normalized spacial score (nSPS) is 20.1. The Morgan fingerprint density at radius 2 is 1.84 bits per heavy atom. The number of hydrogen-bond donors (Lipinski definition) is 1. The van der Waals surface area contributed by atoms with Gasteiger partial charge in [-0.3, -0.25) is 9.69 Å². The van der Waals surface area contributed by atoms with Crippen molar-refractivity contribution in [3.8, 4) is 0 Å². The molecule has 0 aromatic rings. The third-order valence-corrected chi connectivity index (χ3v) is 4.13. The summed E-state index contributed by atoms with van der Waals surface area (Å²) in [5.74, 6) is -0.692. The molecule has 4 heteroatoms. The van der Waals surface area contributed by atoms with Gasteiger partial charge in [-0.15, -0.1) is 0 Å². The van der Waals surface area contributed by atoms with Gasteiger partial charge in [-0.1, -0.05) is 39.0 Å². The highest BCUT2D eigenvalue weighted by Gasteiger charge is 2.34. The van der Waals surface area contributed by atoms with Crippen molar-refractivity contribution in [1.82, 2.24) is 4.90 Å². The second-order valence-electron chi connectivity index (χ2n) is 5.83. The molecule has 0 saturated carbocycles. The van der Waals surface area contributed by atoms with E-state index < -0.39 is 5.97 Å². The zero-order chi connectivity index (χ0) is 14.1. The average molecular weight is 271 g/mol. The zero-order valence-electron chi connectivity index (χ0n) is 12.5. The van der Waals surface area contributed by atoms with Gasteiger partial charge in [-0.2, -0.15) is 0 Å². The van der Waals surface area contributed by atoms with Crippen LogP contribution in [-0.2, 0) is 9.53 Å². The molecular formula is C15H29NO3. The van der Waals surface area contributed by atoms with Crippen molar-refractivity contribution in [2.45, 2.75) is 64.3 Å². The number of hydrogen-bond acceptors (Lipinski definition) is 3. The maximum Gasteiger partial charge on any atom is 0.305 e. The number of carboxylic acids is 1. The molecule has 4 nitrogen and oxygen atoms in total. The van der Waals surface area contributed by atoms with Gasteiger partial charge >= 0.3 is 5.97 Å². The van der Waals surface area contributed by atoms with Gasteiger partial charge in [0, 0.05) is 18.6 Å². The number of carbonyl (C=O) groups is 1. The van der Waals surface area contributed by atoms with Crippen molar-refractivity contribution in [3.05, 3.63) is 0 Å². The van der Waals surface area contributed by atoms with E-state index in [0.717, 1.165) is 39.1 Å². The molecule has 0 aromatic heterocycles. The van der Waals surface area contributed by atoms with Crippen LogP contribution in [0.3, 0.4) is 0 Å². The Balaban J connectivity index is 2.46. The van der Waals surface area contributed by atoms with Crippen LogP contribution in [0.2, 0.25) is 0 Å². The van der Waals surface area contributed by atoms with Crippen LogP contribution >= 0.6 is 0 Å². The minimum Gasteiger partial charge on any atom is -0.481 e. The Hall–Kier alpha value is -0.610. The molecular weight excluding hydrogens is 242 g/mol. The fourth-order valence-corrected chi connectivity index (χ4v) is 2.90. The number of aliphatic carboxylic acids is 1. The molecule has 0 aromatic carbocycles. The lowest BCUT2D eigenvalue weighted by Crippen LogP contribution is -2.52. The van der Waals surface area contributed by atoms with E-state index in [1.807, 2.05) is 0 Å². The summed E-state index contributed by atoms with van der Waals surface area (Å²) in [6.07, 6.45) is 7.35. The molecule has 1 atom stereocenters. The predicted octanol–water partition coefficient (Wildman–Crippen LogP) is 2.91. The predicted molar refractivity (Wildman–Crippen MR) is 76.4 cm³/mol. The topological polar surface area (TPSA) is 49.8 Å². The van der Waals surface area contributed by atoms with E-state index in [9.17, 15) is 4.79 Å². The fraction of sp³-hybridized carbons (Fsp3) is 0.933. The summed E-state index contributed by atoms with van der Waals surface area (Å²) in [7, 11) is 0. The molecule has 0 bridgehead atoms. The largest absolute Gasteiger partial charge is 0.481 e. The Labute approximate surface area is 117 Å². The van der Waals surface area contributed by atoms with Crippen molar-refractivity contribution in [2.24, 2.45) is 0 Å². The Bertz CT molecular complexity index is 264. The summed E-state index contributed by atoms with van der Waals surface area (Å²) in [4.78, 5) is 13.4. The molecule has 19 heavy (non-hydrogen) atoms. The highest BCUT2D eigenvalue weighted by molar-refractivity contribution is 5.68. The monoisotopic (exact) mass is 271 g/mol. The number of rotatable bonds is 9. The molecule has 1 heterocycles. The first-order chi connectivity index (χ1) is 9.08. The van der Waals surface area contributed by atoms with Crippen LogP contribution in [0.4, 0.5) is 0 Å². The van der Waals surface area contributed by atoms with E-state index in [2.05, 4.69) is 18.7 Å². The van der Waals surface area contributed by atoms with Crippen molar-refractivity contribution in [3.63, 3.8) is 0 Å². The third-order valence-electron chi connectivity index (χ3n) is 4.13. The first-order valence-corrected chi connectivity index (χ1v) is 7.63. The van der Waals surface area contributed by atoms with Gasteiger partial charge in [-0.25, -0.2) is 0 Å². The number of unbranched alkanes of at least 4 members (excludes halogenated alkanes) is 4. The summed E-state index contributed by atoms with van der Waals surface area (Å²) < 4.78 is 5.37. The van der Waals surface area contributed by atoms with Gasteiger partial charge < -0.3 is 9.84 Å². The summed E-state index contributed by atoms with van der Waals surface area (Å²) in [6.45, 7) is 7.49. The van der Waals surface area contributed by atoms with Gasteiger partial charge in [0.15, 0.2) is 0 Å². The summed E-state index contributed by atoms with van der Waals surface area (Å²) in [5, 5.41) is 9.16. The maximum atomic E-state index is 11.1. The van der Waals surface area contributed by atoms with E-state index in [-0.39, 0.29) is 12.0 Å².